The van der Waals surface area contributed by atoms with Gasteiger partial charge in [-0.15, -0.1) is 11.8 Å². The number of rotatable bonds is 6. The number of nitrogens with zero attached hydrogens (tertiary/aromatic N) is 2. The van der Waals surface area contributed by atoms with Crippen LogP contribution in [-0.2, 0) is 0 Å². The van der Waals surface area contributed by atoms with Gasteiger partial charge in [-0.3, -0.25) is 4.79 Å². The zero-order valence-electron chi connectivity index (χ0n) is 11.4. The highest BCUT2D eigenvalue weighted by Crippen LogP contribution is 2.20. The molecule has 0 aromatic carbocycles. The molecular weight excluding hydrogens is 266 g/mol. The Morgan fingerprint density at radius 2 is 2.21 bits per heavy atom. The summed E-state index contributed by atoms with van der Waals surface area (Å²) in [6, 6.07) is 0. The van der Waals surface area contributed by atoms with Crippen molar-refractivity contribution in [1.29, 1.82) is 0 Å². The molecule has 2 N–H and O–H groups in total. The molecule has 1 amide bonds. The minimum absolute atomic E-state index is 0.0437. The smallest absolute Gasteiger partial charge is 0.346 e. The van der Waals surface area contributed by atoms with Crippen LogP contribution in [0.25, 0.3) is 0 Å². The molecule has 0 radical (unpaired) electrons. The van der Waals surface area contributed by atoms with Crippen LogP contribution in [0.5, 0.6) is 0 Å². The largest absolute Gasteiger partial charge is 0.396 e. The van der Waals surface area contributed by atoms with E-state index in [9.17, 15) is 9.59 Å². The molecule has 0 unspecified atom stereocenters. The highest BCUT2D eigenvalue weighted by molar-refractivity contribution is 7.98. The Labute approximate surface area is 116 Å². The maximum Gasteiger partial charge on any atom is 0.346 e. The van der Waals surface area contributed by atoms with Crippen LogP contribution in [0.1, 0.15) is 29.4 Å². The Morgan fingerprint density at radius 1 is 1.53 bits per heavy atom. The summed E-state index contributed by atoms with van der Waals surface area (Å²) >= 11 is 1.28. The first kappa shape index (κ1) is 15.7. The second-order valence-corrected chi connectivity index (χ2v) is 4.81. The number of aliphatic hydroxyl groups excluding tert-OH is 1. The van der Waals surface area contributed by atoms with Crippen LogP contribution in [0, 0.1) is 6.92 Å². The van der Waals surface area contributed by atoms with Crippen LogP contribution < -0.4 is 5.69 Å². The van der Waals surface area contributed by atoms with Gasteiger partial charge in [-0.1, -0.05) is 0 Å². The number of carbonyl (C=O) groups excluding carboxylic acids is 1. The average Bonchev–Trinajstić information content (AvgIpc) is 2.38. The Morgan fingerprint density at radius 3 is 2.74 bits per heavy atom. The van der Waals surface area contributed by atoms with Crippen LogP contribution in [-0.4, -0.2) is 51.8 Å². The van der Waals surface area contributed by atoms with Gasteiger partial charge in [0.05, 0.1) is 5.56 Å². The number of hydrogen-bond acceptors (Lipinski definition) is 5. The fourth-order valence-corrected chi connectivity index (χ4v) is 2.40. The lowest BCUT2D eigenvalue weighted by atomic mass is 10.2. The summed E-state index contributed by atoms with van der Waals surface area (Å²) in [5.41, 5.74) is 0.514. The van der Waals surface area contributed by atoms with E-state index < -0.39 is 5.69 Å². The number of H-pyrrole nitrogens is 1. The fourth-order valence-electron chi connectivity index (χ4n) is 1.78. The Balaban J connectivity index is 3.13. The van der Waals surface area contributed by atoms with Crippen molar-refractivity contribution in [2.75, 3.05) is 26.0 Å². The van der Waals surface area contributed by atoms with Gasteiger partial charge in [0, 0.05) is 25.4 Å². The first-order valence-electron chi connectivity index (χ1n) is 6.10. The van der Waals surface area contributed by atoms with E-state index in [-0.39, 0.29) is 12.5 Å². The van der Waals surface area contributed by atoms with Crippen LogP contribution in [0.2, 0.25) is 0 Å². The van der Waals surface area contributed by atoms with Crippen LogP contribution in [0.3, 0.4) is 0 Å². The molecule has 1 aromatic heterocycles. The number of amides is 1. The molecule has 6 nitrogen and oxygen atoms in total. The fraction of sp³-hybridized carbons (Fsp3) is 0.583. The number of nitrogens with one attached hydrogen (secondary N) is 1. The molecule has 19 heavy (non-hydrogen) atoms. The first-order valence-corrected chi connectivity index (χ1v) is 7.32. The Hall–Kier alpha value is -1.34. The predicted molar refractivity (Wildman–Crippen MR) is 74.7 cm³/mol. The van der Waals surface area contributed by atoms with E-state index in [1.807, 2.05) is 6.92 Å². The highest BCUT2D eigenvalue weighted by Gasteiger charge is 2.21. The molecule has 0 aliphatic heterocycles. The number of aromatic amines is 1. The van der Waals surface area contributed by atoms with Crippen molar-refractivity contribution in [2.45, 2.75) is 25.3 Å². The monoisotopic (exact) mass is 285 g/mol. The third-order valence-electron chi connectivity index (χ3n) is 2.75. The molecular formula is C12H19N3O3S. The molecule has 1 heterocycles. The molecule has 0 spiro atoms. The summed E-state index contributed by atoms with van der Waals surface area (Å²) in [4.78, 5) is 31.8. The zero-order valence-corrected chi connectivity index (χ0v) is 12.2. The van der Waals surface area contributed by atoms with E-state index in [2.05, 4.69) is 9.97 Å². The number of hydrogen-bond donors (Lipinski definition) is 2. The Kier molecular flexibility index (Phi) is 6.04. The maximum atomic E-state index is 12.5. The topological polar surface area (TPSA) is 86.3 Å². The van der Waals surface area contributed by atoms with Crippen LogP contribution in [0.15, 0.2) is 9.82 Å². The summed E-state index contributed by atoms with van der Waals surface area (Å²) in [7, 11) is 0. The third-order valence-corrected chi connectivity index (χ3v) is 3.43. The summed E-state index contributed by atoms with van der Waals surface area (Å²) in [6.45, 7) is 4.64. The predicted octanol–water partition coefficient (Wildman–Crippen LogP) is 0.645. The third kappa shape index (κ3) is 3.81. The number of aromatic nitrogens is 2. The summed E-state index contributed by atoms with van der Waals surface area (Å²) < 4.78 is 0. The van der Waals surface area contributed by atoms with E-state index in [0.29, 0.717) is 35.8 Å². The van der Waals surface area contributed by atoms with Gasteiger partial charge in [0.1, 0.15) is 5.03 Å². The van der Waals surface area contributed by atoms with Gasteiger partial charge < -0.3 is 15.0 Å². The zero-order chi connectivity index (χ0) is 14.4. The van der Waals surface area contributed by atoms with Gasteiger partial charge in [0.2, 0.25) is 0 Å². The Bertz CT molecular complexity index is 501. The molecule has 0 aliphatic carbocycles. The van der Waals surface area contributed by atoms with Crippen molar-refractivity contribution >= 4 is 17.7 Å². The molecule has 0 saturated carbocycles. The second kappa shape index (κ2) is 7.30. The second-order valence-electron chi connectivity index (χ2n) is 4.01. The summed E-state index contributed by atoms with van der Waals surface area (Å²) in [6.07, 6.45) is 2.31. The van der Waals surface area contributed by atoms with E-state index >= 15 is 0 Å². The van der Waals surface area contributed by atoms with Gasteiger partial charge in [-0.2, -0.15) is 4.98 Å². The van der Waals surface area contributed by atoms with Gasteiger partial charge in [-0.05, 0) is 26.5 Å². The highest BCUT2D eigenvalue weighted by atomic mass is 32.2. The van der Waals surface area contributed by atoms with Crippen molar-refractivity contribution in [3.8, 4) is 0 Å². The summed E-state index contributed by atoms with van der Waals surface area (Å²) in [5.74, 6) is -0.165. The van der Waals surface area contributed by atoms with Crippen molar-refractivity contribution in [1.82, 2.24) is 14.9 Å². The lowest BCUT2D eigenvalue weighted by Crippen LogP contribution is -2.34. The molecule has 7 heteroatoms. The van der Waals surface area contributed by atoms with Gasteiger partial charge >= 0.3 is 5.69 Å². The van der Waals surface area contributed by atoms with E-state index in [0.717, 1.165) is 0 Å². The standard InChI is InChI=1S/C12H19N3O3S/c1-4-15(6-5-7-16)11(17)9-8(2)13-12(18)14-10(9)19-3/h16H,4-7H2,1-3H3,(H,13,14,18). The van der Waals surface area contributed by atoms with E-state index in [1.54, 1.807) is 18.1 Å². The van der Waals surface area contributed by atoms with Crippen LogP contribution in [0.4, 0.5) is 0 Å². The number of aliphatic hydroxyl groups is 1. The molecule has 0 aliphatic rings. The van der Waals surface area contributed by atoms with Crippen molar-refractivity contribution < 1.29 is 9.90 Å². The molecule has 0 saturated heterocycles. The van der Waals surface area contributed by atoms with Crippen molar-refractivity contribution in [3.63, 3.8) is 0 Å². The molecule has 106 valence electrons. The van der Waals surface area contributed by atoms with Gasteiger partial charge in [0.15, 0.2) is 0 Å². The number of thioether (sulfide) groups is 1. The molecule has 0 atom stereocenters. The van der Waals surface area contributed by atoms with Crippen LogP contribution >= 0.6 is 11.8 Å². The average molecular weight is 285 g/mol. The molecule has 0 bridgehead atoms. The lowest BCUT2D eigenvalue weighted by molar-refractivity contribution is 0.0748. The number of carbonyl (C=O) groups is 1. The lowest BCUT2D eigenvalue weighted by Gasteiger charge is -2.22. The van der Waals surface area contributed by atoms with Crippen molar-refractivity contribution in [2.24, 2.45) is 0 Å². The summed E-state index contributed by atoms with van der Waals surface area (Å²) in [5, 5.41) is 9.29. The quantitative estimate of drug-likeness (QED) is 0.592. The van der Waals surface area contributed by atoms with E-state index in [1.165, 1.54) is 11.8 Å². The van der Waals surface area contributed by atoms with E-state index in [4.69, 9.17) is 5.11 Å². The first-order chi connectivity index (χ1) is 9.04. The normalized spacial score (nSPS) is 10.5. The SMILES string of the molecule is CCN(CCCO)C(=O)c1c(SC)nc(=O)[nH]c1C. The molecule has 1 aromatic rings. The van der Waals surface area contributed by atoms with Gasteiger partial charge in [-0.25, -0.2) is 4.79 Å². The van der Waals surface area contributed by atoms with Gasteiger partial charge in [0.25, 0.3) is 5.91 Å². The minimum atomic E-state index is -0.447. The van der Waals surface area contributed by atoms with Crippen molar-refractivity contribution in [3.05, 3.63) is 21.7 Å². The minimum Gasteiger partial charge on any atom is -0.396 e. The molecule has 1 rings (SSSR count). The maximum absolute atomic E-state index is 12.5. The molecule has 0 fully saturated rings. The number of aryl methyl sites for hydroxylation is 1.